The molecule has 0 saturated carbocycles. The van der Waals surface area contributed by atoms with E-state index in [0.717, 1.165) is 25.2 Å². The van der Waals surface area contributed by atoms with Gasteiger partial charge in [-0.15, -0.1) is 0 Å². The van der Waals surface area contributed by atoms with Crippen LogP contribution in [0.2, 0.25) is 5.02 Å². The smallest absolute Gasteiger partial charge is 0.262 e. The summed E-state index contributed by atoms with van der Waals surface area (Å²) < 4.78 is 1.82. The minimum Gasteiger partial charge on any atom is -0.382 e. The summed E-state index contributed by atoms with van der Waals surface area (Å²) in [6.07, 6.45) is 6.89. The van der Waals surface area contributed by atoms with Crippen LogP contribution in [-0.4, -0.2) is 44.1 Å². The van der Waals surface area contributed by atoms with Crippen molar-refractivity contribution >= 4 is 34.1 Å². The monoisotopic (exact) mass is 468 g/mol. The SMILES string of the molecule is CCc1nc2cccc(Cl)c2c(=O)n1CCCN1CCCCC1.N#Cc1c(N)ncnc1N. The molecule has 0 unspecified atom stereocenters. The van der Waals surface area contributed by atoms with Gasteiger partial charge in [-0.25, -0.2) is 15.0 Å². The number of rotatable bonds is 5. The molecule has 2 aromatic heterocycles. The highest BCUT2D eigenvalue weighted by molar-refractivity contribution is 6.35. The molecule has 3 aromatic rings. The minimum absolute atomic E-state index is 0.00362. The fourth-order valence-corrected chi connectivity index (χ4v) is 4.18. The van der Waals surface area contributed by atoms with E-state index in [1.807, 2.05) is 23.6 Å². The number of aromatic nitrogens is 4. The fraction of sp³-hybridized carbons (Fsp3) is 0.435. The van der Waals surface area contributed by atoms with E-state index in [2.05, 4.69) is 19.9 Å². The Morgan fingerprint density at radius 3 is 2.42 bits per heavy atom. The van der Waals surface area contributed by atoms with Gasteiger partial charge in [0.1, 0.15) is 35.4 Å². The number of hydrogen-bond donors (Lipinski definition) is 2. The molecular weight excluding hydrogens is 440 g/mol. The summed E-state index contributed by atoms with van der Waals surface area (Å²) in [5.74, 6) is 1.09. The molecule has 3 heterocycles. The molecule has 0 radical (unpaired) electrons. The van der Waals surface area contributed by atoms with Gasteiger partial charge in [0.2, 0.25) is 0 Å². The summed E-state index contributed by atoms with van der Waals surface area (Å²) >= 11 is 6.22. The number of nitrogen functional groups attached to an aromatic ring is 2. The van der Waals surface area contributed by atoms with Crippen molar-refractivity contribution in [1.29, 1.82) is 5.26 Å². The molecule has 1 aromatic carbocycles. The second-order valence-corrected chi connectivity index (χ2v) is 8.27. The highest BCUT2D eigenvalue weighted by Crippen LogP contribution is 2.19. The van der Waals surface area contributed by atoms with Gasteiger partial charge >= 0.3 is 0 Å². The second kappa shape index (κ2) is 11.6. The Bertz CT molecular complexity index is 1180. The number of piperidine rings is 1. The van der Waals surface area contributed by atoms with Crippen molar-refractivity contribution in [3.8, 4) is 6.07 Å². The van der Waals surface area contributed by atoms with Crippen LogP contribution in [0.1, 0.15) is 44.0 Å². The molecule has 10 heteroatoms. The van der Waals surface area contributed by atoms with E-state index < -0.39 is 0 Å². The minimum atomic E-state index is -0.00362. The van der Waals surface area contributed by atoms with Crippen LogP contribution in [0.25, 0.3) is 10.9 Å². The van der Waals surface area contributed by atoms with Gasteiger partial charge in [-0.1, -0.05) is 31.0 Å². The third-order valence-corrected chi connectivity index (χ3v) is 5.97. The normalized spacial score (nSPS) is 13.8. The Hall–Kier alpha value is -3.22. The summed E-state index contributed by atoms with van der Waals surface area (Å²) in [4.78, 5) is 27.1. The molecule has 1 aliphatic rings. The zero-order valence-electron chi connectivity index (χ0n) is 18.8. The number of nitrogens with zero attached hydrogens (tertiary/aromatic N) is 6. The molecular formula is C23H29ClN8O. The molecule has 1 aliphatic heterocycles. The fourth-order valence-electron chi connectivity index (χ4n) is 3.93. The Morgan fingerprint density at radius 1 is 1.12 bits per heavy atom. The van der Waals surface area contributed by atoms with Gasteiger partial charge in [-0.3, -0.25) is 9.36 Å². The number of aryl methyl sites for hydroxylation is 1. The van der Waals surface area contributed by atoms with E-state index >= 15 is 0 Å². The number of anilines is 2. The number of nitrogens with two attached hydrogens (primary N) is 2. The van der Waals surface area contributed by atoms with E-state index in [1.54, 1.807) is 12.1 Å². The summed E-state index contributed by atoms with van der Waals surface area (Å²) in [5.41, 5.74) is 11.4. The summed E-state index contributed by atoms with van der Waals surface area (Å²) in [6, 6.07) is 7.25. The Morgan fingerprint density at radius 2 is 1.82 bits per heavy atom. The predicted octanol–water partition coefficient (Wildman–Crippen LogP) is 3.00. The number of fused-ring (bicyclic) bond motifs is 1. The van der Waals surface area contributed by atoms with Crippen molar-refractivity contribution in [2.45, 2.75) is 45.6 Å². The van der Waals surface area contributed by atoms with E-state index in [9.17, 15) is 4.79 Å². The first-order valence-corrected chi connectivity index (χ1v) is 11.5. The lowest BCUT2D eigenvalue weighted by Crippen LogP contribution is -2.32. The van der Waals surface area contributed by atoms with E-state index in [-0.39, 0.29) is 22.8 Å². The molecule has 174 valence electrons. The number of halogens is 1. The third-order valence-electron chi connectivity index (χ3n) is 5.65. The highest BCUT2D eigenvalue weighted by atomic mass is 35.5. The molecule has 0 amide bonds. The molecule has 0 atom stereocenters. The maximum Gasteiger partial charge on any atom is 0.262 e. The van der Waals surface area contributed by atoms with Crippen LogP contribution in [0, 0.1) is 11.3 Å². The van der Waals surface area contributed by atoms with Crippen molar-refractivity contribution in [2.24, 2.45) is 0 Å². The van der Waals surface area contributed by atoms with Crippen molar-refractivity contribution < 1.29 is 0 Å². The molecule has 4 N–H and O–H groups in total. The maximum absolute atomic E-state index is 12.8. The first kappa shape index (κ1) is 24.4. The van der Waals surface area contributed by atoms with Crippen LogP contribution in [0.5, 0.6) is 0 Å². The molecule has 0 spiro atoms. The average molecular weight is 469 g/mol. The summed E-state index contributed by atoms with van der Waals surface area (Å²) in [6.45, 7) is 6.19. The van der Waals surface area contributed by atoms with Crippen molar-refractivity contribution in [3.05, 3.63) is 51.3 Å². The lowest BCUT2D eigenvalue weighted by atomic mass is 10.1. The number of hydrogen-bond acceptors (Lipinski definition) is 8. The topological polar surface area (TPSA) is 140 Å². The molecule has 4 rings (SSSR count). The standard InChI is InChI=1S/C18H24ClN3O.C5H5N5/c1-2-16-20-15-9-6-8-14(19)17(15)18(23)22(16)13-7-12-21-10-4-3-5-11-21;6-1-3-4(7)9-2-10-5(3)8/h6,8-9H,2-5,7,10-13H2,1H3;2H,(H4,7,8,9,10). The van der Waals surface area contributed by atoms with E-state index in [0.29, 0.717) is 22.5 Å². The zero-order chi connectivity index (χ0) is 23.8. The van der Waals surface area contributed by atoms with Crippen LogP contribution in [-0.2, 0) is 13.0 Å². The zero-order valence-corrected chi connectivity index (χ0v) is 19.6. The summed E-state index contributed by atoms with van der Waals surface area (Å²) in [7, 11) is 0. The Labute approximate surface area is 198 Å². The number of likely N-dealkylation sites (tertiary alicyclic amines) is 1. The number of benzene rings is 1. The maximum atomic E-state index is 12.8. The van der Waals surface area contributed by atoms with Crippen LogP contribution in [0.4, 0.5) is 11.6 Å². The van der Waals surface area contributed by atoms with E-state index in [4.69, 9.17) is 28.3 Å². The van der Waals surface area contributed by atoms with Gasteiger partial charge < -0.3 is 16.4 Å². The third kappa shape index (κ3) is 5.97. The Kier molecular flexibility index (Phi) is 8.58. The quantitative estimate of drug-likeness (QED) is 0.582. The van der Waals surface area contributed by atoms with Gasteiger partial charge in [0.05, 0.1) is 15.9 Å². The first-order chi connectivity index (χ1) is 16.0. The van der Waals surface area contributed by atoms with Gasteiger partial charge in [-0.2, -0.15) is 5.26 Å². The van der Waals surface area contributed by atoms with Gasteiger partial charge in [0.15, 0.2) is 0 Å². The van der Waals surface area contributed by atoms with Crippen molar-refractivity contribution in [2.75, 3.05) is 31.1 Å². The molecule has 1 saturated heterocycles. The first-order valence-electron chi connectivity index (χ1n) is 11.1. The highest BCUT2D eigenvalue weighted by Gasteiger charge is 2.14. The van der Waals surface area contributed by atoms with Crippen LogP contribution in [0.15, 0.2) is 29.3 Å². The summed E-state index contributed by atoms with van der Waals surface area (Å²) in [5, 5.41) is 9.45. The number of nitriles is 1. The molecule has 33 heavy (non-hydrogen) atoms. The predicted molar refractivity (Wildman–Crippen MR) is 131 cm³/mol. The lowest BCUT2D eigenvalue weighted by Gasteiger charge is -2.26. The van der Waals surface area contributed by atoms with Gasteiger partial charge in [-0.05, 0) is 51.0 Å². The van der Waals surface area contributed by atoms with Crippen LogP contribution in [0.3, 0.4) is 0 Å². The van der Waals surface area contributed by atoms with Crippen molar-refractivity contribution in [1.82, 2.24) is 24.4 Å². The Balaban J connectivity index is 0.000000257. The molecule has 0 aliphatic carbocycles. The molecule has 1 fully saturated rings. The molecule has 0 bridgehead atoms. The van der Waals surface area contributed by atoms with Crippen LogP contribution < -0.4 is 17.0 Å². The van der Waals surface area contributed by atoms with Crippen LogP contribution >= 0.6 is 11.6 Å². The largest absolute Gasteiger partial charge is 0.382 e. The molecule has 9 nitrogen and oxygen atoms in total. The van der Waals surface area contributed by atoms with Gasteiger partial charge in [0, 0.05) is 13.0 Å². The average Bonchev–Trinajstić information content (AvgIpc) is 2.81. The van der Waals surface area contributed by atoms with E-state index in [1.165, 1.54) is 38.7 Å². The van der Waals surface area contributed by atoms with Gasteiger partial charge in [0.25, 0.3) is 5.56 Å². The van der Waals surface area contributed by atoms with Crippen molar-refractivity contribution in [3.63, 3.8) is 0 Å². The lowest BCUT2D eigenvalue weighted by molar-refractivity contribution is 0.222. The second-order valence-electron chi connectivity index (χ2n) is 7.86.